The average Bonchev–Trinajstić information content (AvgIpc) is 2.75. The van der Waals surface area contributed by atoms with E-state index in [0.29, 0.717) is 0 Å². The van der Waals surface area contributed by atoms with Crippen LogP contribution in [0.4, 0.5) is 11.4 Å². The van der Waals surface area contributed by atoms with Crippen molar-refractivity contribution in [3.63, 3.8) is 0 Å². The van der Waals surface area contributed by atoms with Crippen LogP contribution in [0.1, 0.15) is 16.0 Å². The maximum Gasteiger partial charge on any atom is 0.0440 e. The van der Waals surface area contributed by atoms with Crippen LogP contribution >= 0.6 is 11.3 Å². The number of hydrogen-bond acceptors (Lipinski definition) is 3. The first-order valence-electron chi connectivity index (χ1n) is 5.90. The Kier molecular flexibility index (Phi) is 2.56. The minimum absolute atomic E-state index is 0.847. The molecule has 1 aromatic heterocycles. The number of nitrogens with two attached hydrogens (primary N) is 1. The number of anilines is 2. The van der Waals surface area contributed by atoms with Crippen molar-refractivity contribution in [1.29, 1.82) is 0 Å². The molecule has 3 rings (SSSR count). The molecular weight excluding hydrogens is 228 g/mol. The third-order valence-electron chi connectivity index (χ3n) is 3.37. The summed E-state index contributed by atoms with van der Waals surface area (Å²) >= 11 is 1.88. The van der Waals surface area contributed by atoms with E-state index in [4.69, 9.17) is 5.73 Å². The Hall–Kier alpha value is -1.48. The van der Waals surface area contributed by atoms with Crippen molar-refractivity contribution >= 4 is 22.7 Å². The van der Waals surface area contributed by atoms with E-state index in [0.717, 1.165) is 25.2 Å². The molecule has 0 aliphatic carbocycles. The molecule has 2 heterocycles. The summed E-state index contributed by atoms with van der Waals surface area (Å²) in [4.78, 5) is 4.00. The van der Waals surface area contributed by atoms with E-state index in [-0.39, 0.29) is 0 Å². The molecule has 3 heteroatoms. The van der Waals surface area contributed by atoms with Gasteiger partial charge in [0, 0.05) is 29.3 Å². The molecule has 2 aromatic rings. The number of rotatable bonds is 1. The Morgan fingerprint density at radius 2 is 2.18 bits per heavy atom. The van der Waals surface area contributed by atoms with E-state index in [1.54, 1.807) is 4.88 Å². The second kappa shape index (κ2) is 4.08. The first-order chi connectivity index (χ1) is 8.24. The van der Waals surface area contributed by atoms with Gasteiger partial charge < -0.3 is 10.6 Å². The molecule has 2 nitrogen and oxygen atoms in total. The Bertz CT molecular complexity index is 545. The smallest absolute Gasteiger partial charge is 0.0440 e. The molecular formula is C14H16N2S. The lowest BCUT2D eigenvalue weighted by molar-refractivity contribution is 0.741. The molecule has 0 saturated carbocycles. The lowest BCUT2D eigenvalue weighted by Gasteiger charge is -2.30. The molecule has 0 spiro atoms. The second-order valence-electron chi connectivity index (χ2n) is 4.59. The van der Waals surface area contributed by atoms with E-state index >= 15 is 0 Å². The van der Waals surface area contributed by atoms with Gasteiger partial charge in [-0.25, -0.2) is 0 Å². The second-order valence-corrected chi connectivity index (χ2v) is 5.59. The number of nitrogens with zero attached hydrogens (tertiary/aromatic N) is 1. The molecule has 17 heavy (non-hydrogen) atoms. The third kappa shape index (κ3) is 1.91. The predicted octanol–water partition coefficient (Wildman–Crippen LogP) is 3.20. The van der Waals surface area contributed by atoms with Gasteiger partial charge in [-0.3, -0.25) is 0 Å². The molecule has 0 fully saturated rings. The van der Waals surface area contributed by atoms with E-state index in [2.05, 4.69) is 35.4 Å². The van der Waals surface area contributed by atoms with Gasteiger partial charge in [0.05, 0.1) is 0 Å². The van der Waals surface area contributed by atoms with Gasteiger partial charge >= 0.3 is 0 Å². The van der Waals surface area contributed by atoms with Gasteiger partial charge in [0.1, 0.15) is 0 Å². The van der Waals surface area contributed by atoms with Crippen LogP contribution in [0.3, 0.4) is 0 Å². The maximum atomic E-state index is 5.80. The van der Waals surface area contributed by atoms with Gasteiger partial charge in [-0.05, 0) is 54.1 Å². The summed E-state index contributed by atoms with van der Waals surface area (Å²) in [5, 5.41) is 2.20. The summed E-state index contributed by atoms with van der Waals surface area (Å²) in [5.74, 6) is 0. The Morgan fingerprint density at radius 1 is 1.29 bits per heavy atom. The van der Waals surface area contributed by atoms with Crippen molar-refractivity contribution < 1.29 is 0 Å². The minimum atomic E-state index is 0.847. The molecule has 1 aliphatic rings. The zero-order valence-electron chi connectivity index (χ0n) is 9.94. The van der Waals surface area contributed by atoms with Crippen LogP contribution in [-0.4, -0.2) is 6.54 Å². The Morgan fingerprint density at radius 3 is 3.00 bits per heavy atom. The zero-order valence-corrected chi connectivity index (χ0v) is 10.8. The van der Waals surface area contributed by atoms with Crippen molar-refractivity contribution in [2.24, 2.45) is 0 Å². The molecule has 0 bridgehead atoms. The number of aryl methyl sites for hydroxylation is 1. The number of nitrogen functional groups attached to an aromatic ring is 1. The number of hydrogen-bond donors (Lipinski definition) is 1. The van der Waals surface area contributed by atoms with E-state index < -0.39 is 0 Å². The summed E-state index contributed by atoms with van der Waals surface area (Å²) in [6.45, 7) is 4.27. The van der Waals surface area contributed by atoms with E-state index in [1.165, 1.54) is 16.8 Å². The lowest BCUT2D eigenvalue weighted by atomic mass is 10.1. The fourth-order valence-corrected chi connectivity index (χ4v) is 3.38. The van der Waals surface area contributed by atoms with Crippen LogP contribution in [0.5, 0.6) is 0 Å². The van der Waals surface area contributed by atoms with Crippen molar-refractivity contribution in [3.8, 4) is 0 Å². The van der Waals surface area contributed by atoms with Crippen molar-refractivity contribution in [1.82, 2.24) is 0 Å². The van der Waals surface area contributed by atoms with Crippen LogP contribution in [0.25, 0.3) is 0 Å². The van der Waals surface area contributed by atoms with Gasteiger partial charge in [-0.1, -0.05) is 0 Å². The molecule has 0 saturated heterocycles. The SMILES string of the molecule is Cc1cc(N)ccc1N1CCc2sccc2C1. The van der Waals surface area contributed by atoms with E-state index in [1.807, 2.05) is 17.4 Å². The summed E-state index contributed by atoms with van der Waals surface area (Å²) in [6.07, 6.45) is 1.16. The molecule has 0 radical (unpaired) electrons. The van der Waals surface area contributed by atoms with Crippen molar-refractivity contribution in [2.75, 3.05) is 17.2 Å². The quantitative estimate of drug-likeness (QED) is 0.781. The Balaban J connectivity index is 1.91. The van der Waals surface area contributed by atoms with Gasteiger partial charge in [0.25, 0.3) is 0 Å². The highest BCUT2D eigenvalue weighted by Gasteiger charge is 2.18. The summed E-state index contributed by atoms with van der Waals surface area (Å²) in [7, 11) is 0. The van der Waals surface area contributed by atoms with Crippen LogP contribution in [0, 0.1) is 6.92 Å². The number of thiophene rings is 1. The number of benzene rings is 1. The summed E-state index contributed by atoms with van der Waals surface area (Å²) < 4.78 is 0. The maximum absolute atomic E-state index is 5.80. The first kappa shape index (κ1) is 10.7. The van der Waals surface area contributed by atoms with E-state index in [9.17, 15) is 0 Å². The first-order valence-corrected chi connectivity index (χ1v) is 6.78. The van der Waals surface area contributed by atoms with Crippen molar-refractivity contribution in [2.45, 2.75) is 19.9 Å². The minimum Gasteiger partial charge on any atom is -0.399 e. The van der Waals surface area contributed by atoms with Crippen LogP contribution in [0.2, 0.25) is 0 Å². The normalized spacial score (nSPS) is 14.8. The molecule has 2 N–H and O–H groups in total. The molecule has 0 unspecified atom stereocenters. The molecule has 1 aromatic carbocycles. The third-order valence-corrected chi connectivity index (χ3v) is 4.39. The van der Waals surface area contributed by atoms with Crippen LogP contribution in [0.15, 0.2) is 29.6 Å². The molecule has 88 valence electrons. The zero-order chi connectivity index (χ0) is 11.8. The van der Waals surface area contributed by atoms with Gasteiger partial charge in [0.15, 0.2) is 0 Å². The van der Waals surface area contributed by atoms with Crippen LogP contribution < -0.4 is 10.6 Å². The lowest BCUT2D eigenvalue weighted by Crippen LogP contribution is -2.29. The average molecular weight is 244 g/mol. The fourth-order valence-electron chi connectivity index (χ4n) is 2.49. The molecule has 0 amide bonds. The highest BCUT2D eigenvalue weighted by atomic mass is 32.1. The van der Waals surface area contributed by atoms with Gasteiger partial charge in [0.2, 0.25) is 0 Å². The molecule has 0 atom stereocenters. The standard InChI is InChI=1S/C14H16N2S/c1-10-8-12(15)2-3-13(10)16-6-4-14-11(9-16)5-7-17-14/h2-3,5,7-8H,4,6,9,15H2,1H3. The topological polar surface area (TPSA) is 29.3 Å². The molecule has 1 aliphatic heterocycles. The van der Waals surface area contributed by atoms with Gasteiger partial charge in [-0.15, -0.1) is 11.3 Å². The summed E-state index contributed by atoms with van der Waals surface area (Å²) in [5.41, 5.74) is 10.7. The highest BCUT2D eigenvalue weighted by molar-refractivity contribution is 7.10. The van der Waals surface area contributed by atoms with Crippen molar-refractivity contribution in [3.05, 3.63) is 45.6 Å². The highest BCUT2D eigenvalue weighted by Crippen LogP contribution is 2.30. The predicted molar refractivity (Wildman–Crippen MR) is 74.7 cm³/mol. The number of fused-ring (bicyclic) bond motifs is 1. The monoisotopic (exact) mass is 244 g/mol. The van der Waals surface area contributed by atoms with Crippen LogP contribution in [-0.2, 0) is 13.0 Å². The Labute approximate surface area is 106 Å². The van der Waals surface area contributed by atoms with Gasteiger partial charge in [-0.2, -0.15) is 0 Å². The fraction of sp³-hybridized carbons (Fsp3) is 0.286. The largest absolute Gasteiger partial charge is 0.399 e. The summed E-state index contributed by atoms with van der Waals surface area (Å²) in [6, 6.07) is 8.44.